The summed E-state index contributed by atoms with van der Waals surface area (Å²) >= 11 is 1.89. The van der Waals surface area contributed by atoms with Crippen molar-refractivity contribution >= 4 is 58.9 Å². The fourth-order valence-corrected chi connectivity index (χ4v) is 8.08. The molecule has 0 amide bonds. The van der Waals surface area contributed by atoms with E-state index in [1.807, 2.05) is 17.4 Å². The van der Waals surface area contributed by atoms with Crippen molar-refractivity contribution < 1.29 is 0 Å². The minimum Gasteiger partial charge on any atom is -0.350 e. The lowest BCUT2D eigenvalue weighted by molar-refractivity contribution is 0.411. The molecule has 1 aliphatic rings. The van der Waals surface area contributed by atoms with E-state index in [0.29, 0.717) is 0 Å². The summed E-state index contributed by atoms with van der Waals surface area (Å²) < 4.78 is 2.69. The van der Waals surface area contributed by atoms with Gasteiger partial charge in [-0.25, -0.2) is 4.99 Å². The predicted molar refractivity (Wildman–Crippen MR) is 191 cm³/mol. The van der Waals surface area contributed by atoms with E-state index in [4.69, 9.17) is 4.99 Å². The second-order valence-corrected chi connectivity index (χ2v) is 12.6. The average molecular weight is 596 g/mol. The Morgan fingerprint density at radius 2 is 1.11 bits per heavy atom. The van der Waals surface area contributed by atoms with Crippen LogP contribution in [-0.2, 0) is 0 Å². The van der Waals surface area contributed by atoms with Gasteiger partial charge in [-0.3, -0.25) is 5.32 Å². The van der Waals surface area contributed by atoms with E-state index >= 15 is 0 Å². The molecule has 214 valence electrons. The van der Waals surface area contributed by atoms with Crippen LogP contribution < -0.4 is 10.6 Å². The highest BCUT2D eigenvalue weighted by molar-refractivity contribution is 7.26. The van der Waals surface area contributed by atoms with Gasteiger partial charge < -0.3 is 5.32 Å². The van der Waals surface area contributed by atoms with E-state index in [1.165, 1.54) is 58.4 Å². The molecule has 0 fully saturated rings. The lowest BCUT2D eigenvalue weighted by atomic mass is 9.90. The molecule has 2 unspecified atom stereocenters. The van der Waals surface area contributed by atoms with Gasteiger partial charge >= 0.3 is 0 Å². The van der Waals surface area contributed by atoms with Gasteiger partial charge in [-0.2, -0.15) is 0 Å². The Morgan fingerprint density at radius 3 is 1.96 bits per heavy atom. The zero-order valence-electron chi connectivity index (χ0n) is 24.4. The highest BCUT2D eigenvalue weighted by Crippen LogP contribution is 2.43. The number of fused-ring (bicyclic) bond motifs is 6. The fraction of sp³-hybridized carbons (Fsp3) is 0.0488. The van der Waals surface area contributed by atoms with Crippen molar-refractivity contribution in [3.63, 3.8) is 0 Å². The molecule has 0 spiro atoms. The molecule has 9 rings (SSSR count). The van der Waals surface area contributed by atoms with Crippen molar-refractivity contribution in [1.82, 2.24) is 10.6 Å². The monoisotopic (exact) mass is 595 g/mol. The first-order chi connectivity index (χ1) is 22.3. The Morgan fingerprint density at radius 1 is 0.489 bits per heavy atom. The van der Waals surface area contributed by atoms with Crippen molar-refractivity contribution in [3.05, 3.63) is 168 Å². The van der Waals surface area contributed by atoms with Gasteiger partial charge in [-0.15, -0.1) is 11.3 Å². The van der Waals surface area contributed by atoms with Crippen LogP contribution in [0.15, 0.2) is 157 Å². The second kappa shape index (κ2) is 10.7. The molecule has 4 heteroatoms. The molecule has 2 atom stereocenters. The predicted octanol–water partition coefficient (Wildman–Crippen LogP) is 10.4. The van der Waals surface area contributed by atoms with E-state index in [0.717, 1.165) is 17.0 Å². The second-order valence-electron chi connectivity index (χ2n) is 11.6. The lowest BCUT2D eigenvalue weighted by Crippen LogP contribution is -2.45. The van der Waals surface area contributed by atoms with E-state index in [-0.39, 0.29) is 12.3 Å². The Balaban J connectivity index is 1.19. The van der Waals surface area contributed by atoms with Gasteiger partial charge in [-0.1, -0.05) is 146 Å². The molecule has 2 N–H and O–H groups in total. The molecule has 0 bridgehead atoms. The summed E-state index contributed by atoms with van der Waals surface area (Å²) in [4.78, 5) is 5.11. The zero-order chi connectivity index (χ0) is 29.7. The number of nitrogens with one attached hydrogen (secondary N) is 2. The Labute approximate surface area is 265 Å². The van der Waals surface area contributed by atoms with Gasteiger partial charge in [0.15, 0.2) is 0 Å². The van der Waals surface area contributed by atoms with Crippen LogP contribution in [0.4, 0.5) is 0 Å². The first-order valence-corrected chi connectivity index (χ1v) is 16.2. The Hall–Kier alpha value is -5.29. The largest absolute Gasteiger partial charge is 0.350 e. The first-order valence-electron chi connectivity index (χ1n) is 15.4. The summed E-state index contributed by atoms with van der Waals surface area (Å²) in [5.74, 6) is 0.891. The van der Waals surface area contributed by atoms with Gasteiger partial charge in [0.05, 0.1) is 0 Å². The van der Waals surface area contributed by atoms with Crippen LogP contribution in [0.25, 0.3) is 52.8 Å². The Kier molecular flexibility index (Phi) is 6.22. The van der Waals surface area contributed by atoms with Gasteiger partial charge in [0.2, 0.25) is 0 Å². The maximum absolute atomic E-state index is 5.11. The van der Waals surface area contributed by atoms with Gasteiger partial charge in [-0.05, 0) is 44.5 Å². The van der Waals surface area contributed by atoms with Crippen LogP contribution >= 0.6 is 11.3 Å². The standard InChI is InChI=1S/C41H29N3S/c1-3-12-26(13-4-1)39-42-40(27-14-5-2-6-15-27)44-41(43-39)36-25-23-31(28-16-7-8-17-30(28)36)29-19-11-20-34-32(29)22-24-35-33-18-9-10-21-37(33)45-38(34)35/h1-25,39,41,43H,(H,42,44). The highest BCUT2D eigenvalue weighted by atomic mass is 32.1. The van der Waals surface area contributed by atoms with Crippen molar-refractivity contribution in [1.29, 1.82) is 0 Å². The number of rotatable bonds is 4. The molecule has 1 aliphatic heterocycles. The summed E-state index contributed by atoms with van der Waals surface area (Å²) in [7, 11) is 0. The zero-order valence-corrected chi connectivity index (χ0v) is 25.3. The fourth-order valence-electron chi connectivity index (χ4n) is 6.85. The van der Waals surface area contributed by atoms with E-state index < -0.39 is 0 Å². The van der Waals surface area contributed by atoms with Crippen LogP contribution in [0.3, 0.4) is 0 Å². The number of amidine groups is 1. The third-order valence-electron chi connectivity index (χ3n) is 8.99. The molecule has 3 nitrogen and oxygen atoms in total. The van der Waals surface area contributed by atoms with Crippen molar-refractivity contribution in [3.8, 4) is 11.1 Å². The van der Waals surface area contributed by atoms with Crippen LogP contribution in [0.1, 0.15) is 29.0 Å². The molecule has 8 aromatic rings. The topological polar surface area (TPSA) is 36.4 Å². The minimum absolute atomic E-state index is 0.132. The molecular weight excluding hydrogens is 567 g/mol. The van der Waals surface area contributed by atoms with Crippen molar-refractivity contribution in [2.75, 3.05) is 0 Å². The number of benzene rings is 7. The SMILES string of the molecule is c1ccc(C2=NC(c3ccccc3)NC(c3ccc(-c4cccc5c4ccc4c6ccccc6sc54)c4ccccc34)N2)cc1. The first kappa shape index (κ1) is 26.1. The van der Waals surface area contributed by atoms with Crippen LogP contribution in [0, 0.1) is 0 Å². The van der Waals surface area contributed by atoms with Gasteiger partial charge in [0.25, 0.3) is 0 Å². The number of aliphatic imine (C=N–C) groups is 1. The quantitative estimate of drug-likeness (QED) is 0.212. The number of nitrogens with zero attached hydrogens (tertiary/aromatic N) is 1. The number of hydrogen-bond acceptors (Lipinski definition) is 4. The molecule has 2 heterocycles. The summed E-state index contributed by atoms with van der Waals surface area (Å²) in [6.07, 6.45) is -0.305. The molecule has 0 saturated heterocycles. The van der Waals surface area contributed by atoms with Crippen molar-refractivity contribution in [2.45, 2.75) is 12.3 Å². The summed E-state index contributed by atoms with van der Waals surface area (Å²) in [5, 5.41) is 15.3. The highest BCUT2D eigenvalue weighted by Gasteiger charge is 2.27. The lowest BCUT2D eigenvalue weighted by Gasteiger charge is -2.33. The molecular formula is C41H29N3S. The van der Waals surface area contributed by atoms with E-state index in [1.54, 1.807) is 0 Å². The van der Waals surface area contributed by atoms with Gasteiger partial charge in [0.1, 0.15) is 18.2 Å². The smallest absolute Gasteiger partial charge is 0.131 e. The average Bonchev–Trinajstić information content (AvgIpc) is 3.51. The molecule has 45 heavy (non-hydrogen) atoms. The molecule has 7 aromatic carbocycles. The minimum atomic E-state index is -0.173. The molecule has 0 saturated carbocycles. The molecule has 0 radical (unpaired) electrons. The summed E-state index contributed by atoms with van der Waals surface area (Å²) in [5.41, 5.74) is 5.92. The Bertz CT molecular complexity index is 2390. The third kappa shape index (κ3) is 4.41. The third-order valence-corrected chi connectivity index (χ3v) is 10.2. The van der Waals surface area contributed by atoms with Gasteiger partial charge in [0, 0.05) is 31.1 Å². The van der Waals surface area contributed by atoms with E-state index in [2.05, 4.69) is 156 Å². The van der Waals surface area contributed by atoms with Crippen LogP contribution in [0.2, 0.25) is 0 Å². The number of thiophene rings is 1. The summed E-state index contributed by atoms with van der Waals surface area (Å²) in [6.45, 7) is 0. The van der Waals surface area contributed by atoms with Crippen LogP contribution in [-0.4, -0.2) is 5.84 Å². The van der Waals surface area contributed by atoms with E-state index in [9.17, 15) is 0 Å². The summed E-state index contributed by atoms with van der Waals surface area (Å²) in [6, 6.07) is 54.4. The number of hydrogen-bond donors (Lipinski definition) is 2. The molecule has 1 aromatic heterocycles. The maximum atomic E-state index is 5.11. The normalized spacial score (nSPS) is 16.7. The molecule has 0 aliphatic carbocycles. The van der Waals surface area contributed by atoms with Crippen molar-refractivity contribution in [2.24, 2.45) is 4.99 Å². The van der Waals surface area contributed by atoms with Crippen LogP contribution in [0.5, 0.6) is 0 Å². The maximum Gasteiger partial charge on any atom is 0.131 e.